The summed E-state index contributed by atoms with van der Waals surface area (Å²) in [5.74, 6) is 1.25. The lowest BCUT2D eigenvalue weighted by atomic mass is 9.86. The zero-order valence-corrected chi connectivity index (χ0v) is 13.5. The van der Waals surface area contributed by atoms with E-state index in [1.165, 1.54) is 32.1 Å². The van der Waals surface area contributed by atoms with E-state index in [2.05, 4.69) is 15.2 Å². The Kier molecular flexibility index (Phi) is 4.94. The zero-order chi connectivity index (χ0) is 14.6. The first kappa shape index (κ1) is 15.6. The lowest BCUT2D eigenvalue weighted by Crippen LogP contribution is -2.42. The maximum absolute atomic E-state index is 11.5. The highest BCUT2D eigenvalue weighted by Gasteiger charge is 2.41. The van der Waals surface area contributed by atoms with Crippen molar-refractivity contribution in [1.82, 2.24) is 10.2 Å². The van der Waals surface area contributed by atoms with E-state index < -0.39 is 9.84 Å². The number of likely N-dealkylation sites (tertiary alicyclic amines) is 1. The van der Waals surface area contributed by atoms with Crippen molar-refractivity contribution in [2.45, 2.75) is 39.0 Å². The molecule has 0 atom stereocenters. The highest BCUT2D eigenvalue weighted by atomic mass is 32.2. The monoisotopic (exact) mass is 301 g/mol. The highest BCUT2D eigenvalue weighted by molar-refractivity contribution is 7.91. The third-order valence-corrected chi connectivity index (χ3v) is 6.46. The van der Waals surface area contributed by atoms with E-state index in [0.717, 1.165) is 19.0 Å². The van der Waals surface area contributed by atoms with Crippen molar-refractivity contribution in [2.75, 3.05) is 38.2 Å². The molecular weight excluding hydrogens is 274 g/mol. The molecule has 0 unspecified atom stereocenters. The van der Waals surface area contributed by atoms with Gasteiger partial charge in [-0.05, 0) is 24.7 Å². The topological polar surface area (TPSA) is 61.8 Å². The van der Waals surface area contributed by atoms with Crippen molar-refractivity contribution in [3.63, 3.8) is 0 Å². The van der Waals surface area contributed by atoms with E-state index in [1.54, 1.807) is 14.0 Å². The van der Waals surface area contributed by atoms with Crippen LogP contribution in [0.3, 0.4) is 0 Å². The minimum atomic E-state index is -2.91. The molecule has 0 aromatic heterocycles. The molecule has 1 N–H and O–H groups in total. The molecule has 1 heterocycles. The molecule has 2 rings (SSSR count). The summed E-state index contributed by atoms with van der Waals surface area (Å²) >= 11 is 0. The fourth-order valence-electron chi connectivity index (χ4n) is 3.44. The van der Waals surface area contributed by atoms with Crippen LogP contribution in [0, 0.1) is 5.41 Å². The molecule has 1 saturated carbocycles. The molecule has 1 saturated heterocycles. The Balaban J connectivity index is 1.84. The highest BCUT2D eigenvalue weighted by Crippen LogP contribution is 2.45. The zero-order valence-electron chi connectivity index (χ0n) is 12.7. The molecule has 2 aliphatic rings. The van der Waals surface area contributed by atoms with Crippen molar-refractivity contribution in [3.8, 4) is 0 Å². The summed E-state index contributed by atoms with van der Waals surface area (Å²) in [5.41, 5.74) is 0.507. The number of nitrogens with zero attached hydrogens (tertiary/aromatic N) is 2. The van der Waals surface area contributed by atoms with Gasteiger partial charge in [0.25, 0.3) is 0 Å². The van der Waals surface area contributed by atoms with E-state index in [4.69, 9.17) is 0 Å². The molecule has 0 bridgehead atoms. The van der Waals surface area contributed by atoms with Crippen LogP contribution in [0.1, 0.15) is 39.0 Å². The SMILES string of the molecule is CCS(=O)(=O)CCNC(=NC)N1CCC2(CCCC2)C1. The molecule has 5 nitrogen and oxygen atoms in total. The Morgan fingerprint density at radius 3 is 2.60 bits per heavy atom. The molecule has 1 spiro atoms. The first-order valence-electron chi connectivity index (χ1n) is 7.66. The van der Waals surface area contributed by atoms with Gasteiger partial charge in [-0.15, -0.1) is 0 Å². The molecule has 0 aromatic carbocycles. The molecule has 1 aliphatic carbocycles. The Labute approximate surface area is 122 Å². The minimum absolute atomic E-state index is 0.182. The summed E-state index contributed by atoms with van der Waals surface area (Å²) in [6.45, 7) is 4.26. The van der Waals surface area contributed by atoms with Crippen LogP contribution < -0.4 is 5.32 Å². The van der Waals surface area contributed by atoms with Crippen molar-refractivity contribution in [3.05, 3.63) is 0 Å². The van der Waals surface area contributed by atoms with Gasteiger partial charge >= 0.3 is 0 Å². The average molecular weight is 301 g/mol. The van der Waals surface area contributed by atoms with Crippen molar-refractivity contribution in [1.29, 1.82) is 0 Å². The Bertz CT molecular complexity index is 453. The number of hydrogen-bond donors (Lipinski definition) is 1. The fourth-order valence-corrected chi connectivity index (χ4v) is 4.15. The van der Waals surface area contributed by atoms with Crippen LogP contribution in [0.4, 0.5) is 0 Å². The summed E-state index contributed by atoms with van der Waals surface area (Å²) in [6, 6.07) is 0. The summed E-state index contributed by atoms with van der Waals surface area (Å²) in [4.78, 5) is 6.60. The van der Waals surface area contributed by atoms with Gasteiger partial charge in [0, 0.05) is 32.4 Å². The molecule has 116 valence electrons. The van der Waals surface area contributed by atoms with E-state index in [-0.39, 0.29) is 11.5 Å². The van der Waals surface area contributed by atoms with Gasteiger partial charge in [-0.25, -0.2) is 8.42 Å². The Hall–Kier alpha value is -0.780. The number of hydrogen-bond acceptors (Lipinski definition) is 3. The van der Waals surface area contributed by atoms with Crippen LogP contribution in [0.2, 0.25) is 0 Å². The third kappa shape index (κ3) is 3.65. The third-order valence-electron chi connectivity index (χ3n) is 4.75. The molecule has 1 aliphatic heterocycles. The van der Waals surface area contributed by atoms with E-state index >= 15 is 0 Å². The lowest BCUT2D eigenvalue weighted by molar-refractivity contribution is 0.309. The molecular formula is C14H27N3O2S. The van der Waals surface area contributed by atoms with Gasteiger partial charge in [0.2, 0.25) is 0 Å². The van der Waals surface area contributed by atoms with Crippen molar-refractivity contribution in [2.24, 2.45) is 10.4 Å². The fraction of sp³-hybridized carbons (Fsp3) is 0.929. The summed E-state index contributed by atoms with van der Waals surface area (Å²) < 4.78 is 23.0. The number of nitrogens with one attached hydrogen (secondary N) is 1. The average Bonchev–Trinajstić information content (AvgIpc) is 3.06. The van der Waals surface area contributed by atoms with Crippen LogP contribution >= 0.6 is 0 Å². The summed E-state index contributed by atoms with van der Waals surface area (Å²) in [5, 5.41) is 3.20. The summed E-state index contributed by atoms with van der Waals surface area (Å²) in [7, 11) is -1.13. The maximum Gasteiger partial charge on any atom is 0.193 e. The van der Waals surface area contributed by atoms with Crippen molar-refractivity contribution >= 4 is 15.8 Å². The van der Waals surface area contributed by atoms with E-state index in [0.29, 0.717) is 12.0 Å². The molecule has 0 radical (unpaired) electrons. The summed E-state index contributed by atoms with van der Waals surface area (Å²) in [6.07, 6.45) is 6.64. The lowest BCUT2D eigenvalue weighted by Gasteiger charge is -2.25. The van der Waals surface area contributed by atoms with Gasteiger partial charge in [-0.2, -0.15) is 0 Å². The molecule has 6 heteroatoms. The van der Waals surface area contributed by atoms with Crippen LogP contribution in [0.5, 0.6) is 0 Å². The standard InChI is InChI=1S/C14H27N3O2S/c1-3-20(18,19)11-9-16-13(15-2)17-10-8-14(12-17)6-4-5-7-14/h3-12H2,1-2H3,(H,15,16). The van der Waals surface area contributed by atoms with Crippen LogP contribution in [-0.2, 0) is 9.84 Å². The van der Waals surface area contributed by atoms with Crippen molar-refractivity contribution < 1.29 is 8.42 Å². The smallest absolute Gasteiger partial charge is 0.193 e. The van der Waals surface area contributed by atoms with E-state index in [9.17, 15) is 8.42 Å². The van der Waals surface area contributed by atoms with Crippen LogP contribution in [0.25, 0.3) is 0 Å². The largest absolute Gasteiger partial charge is 0.355 e. The predicted octanol–water partition coefficient (Wildman–Crippen LogP) is 1.26. The molecule has 2 fully saturated rings. The second-order valence-corrected chi connectivity index (χ2v) is 8.56. The number of aliphatic imine (C=N–C) groups is 1. The van der Waals surface area contributed by atoms with Gasteiger partial charge in [-0.3, -0.25) is 4.99 Å². The van der Waals surface area contributed by atoms with Gasteiger partial charge < -0.3 is 10.2 Å². The minimum Gasteiger partial charge on any atom is -0.355 e. The van der Waals surface area contributed by atoms with Gasteiger partial charge in [0.1, 0.15) is 0 Å². The maximum atomic E-state index is 11.5. The van der Waals surface area contributed by atoms with Crippen LogP contribution in [-0.4, -0.2) is 57.5 Å². The Morgan fingerprint density at radius 1 is 1.30 bits per heavy atom. The van der Waals surface area contributed by atoms with Gasteiger partial charge in [0.05, 0.1) is 5.75 Å². The second kappa shape index (κ2) is 6.33. The number of rotatable bonds is 4. The van der Waals surface area contributed by atoms with E-state index in [1.807, 2.05) is 0 Å². The molecule has 0 aromatic rings. The Morgan fingerprint density at radius 2 is 2.00 bits per heavy atom. The normalized spacial score (nSPS) is 22.7. The first-order valence-corrected chi connectivity index (χ1v) is 9.48. The number of guanidine groups is 1. The predicted molar refractivity (Wildman–Crippen MR) is 82.8 cm³/mol. The first-order chi connectivity index (χ1) is 9.50. The molecule has 20 heavy (non-hydrogen) atoms. The number of sulfone groups is 1. The second-order valence-electron chi connectivity index (χ2n) is 6.09. The molecule has 0 amide bonds. The van der Waals surface area contributed by atoms with Gasteiger partial charge in [-0.1, -0.05) is 19.8 Å². The van der Waals surface area contributed by atoms with Gasteiger partial charge in [0.15, 0.2) is 15.8 Å². The quantitative estimate of drug-likeness (QED) is 0.627. The van der Waals surface area contributed by atoms with Crippen LogP contribution in [0.15, 0.2) is 4.99 Å².